The molecule has 0 heterocycles. The van der Waals surface area contributed by atoms with Crippen molar-refractivity contribution < 1.29 is 13.2 Å². The number of nitrogens with one attached hydrogen (secondary N) is 1. The first-order valence-corrected chi connectivity index (χ1v) is 4.96. The summed E-state index contributed by atoms with van der Waals surface area (Å²) >= 11 is 0. The minimum absolute atomic E-state index is 0.110. The van der Waals surface area contributed by atoms with E-state index in [1.807, 2.05) is 0 Å². The van der Waals surface area contributed by atoms with Gasteiger partial charge in [-0.3, -0.25) is 0 Å². The van der Waals surface area contributed by atoms with Gasteiger partial charge in [-0.15, -0.1) is 0 Å². The molecule has 0 aliphatic rings. The fraction of sp³-hybridized carbons (Fsp3) is 0.364. The normalized spacial score (nSPS) is 12.7. The summed E-state index contributed by atoms with van der Waals surface area (Å²) in [7, 11) is 0. The minimum Gasteiger partial charge on any atom is -0.370 e. The molecular formula is C11H14F3N3. The maximum atomic E-state index is 13.3. The van der Waals surface area contributed by atoms with Crippen LogP contribution in [0.4, 0.5) is 18.9 Å². The van der Waals surface area contributed by atoms with Crippen molar-refractivity contribution in [3.63, 3.8) is 0 Å². The Morgan fingerprint density at radius 3 is 2.35 bits per heavy atom. The van der Waals surface area contributed by atoms with Crippen molar-refractivity contribution in [3.8, 4) is 0 Å². The van der Waals surface area contributed by atoms with E-state index >= 15 is 0 Å². The van der Waals surface area contributed by atoms with Gasteiger partial charge in [0, 0.05) is 12.1 Å². The number of guanidine groups is 1. The molecule has 0 aromatic heterocycles. The third kappa shape index (κ3) is 3.97. The molecule has 0 spiro atoms. The van der Waals surface area contributed by atoms with Gasteiger partial charge in [-0.25, -0.2) is 18.2 Å². The molecule has 94 valence electrons. The van der Waals surface area contributed by atoms with E-state index < -0.39 is 23.0 Å². The molecule has 0 unspecified atom stereocenters. The Hall–Kier alpha value is -1.72. The van der Waals surface area contributed by atoms with Crippen LogP contribution in [-0.4, -0.2) is 11.5 Å². The summed E-state index contributed by atoms with van der Waals surface area (Å²) in [6, 6.07) is 1.26. The van der Waals surface area contributed by atoms with Crippen molar-refractivity contribution in [1.82, 2.24) is 0 Å². The number of hydrogen-bond donors (Lipinski definition) is 2. The molecule has 0 aliphatic heterocycles. The monoisotopic (exact) mass is 245 g/mol. The van der Waals surface area contributed by atoms with Gasteiger partial charge in [0.1, 0.15) is 5.82 Å². The first-order chi connectivity index (χ1) is 7.69. The number of nitrogens with two attached hydrogens (primary N) is 1. The molecule has 3 nitrogen and oxygen atoms in total. The molecule has 17 heavy (non-hydrogen) atoms. The summed E-state index contributed by atoms with van der Waals surface area (Å²) in [5.41, 5.74) is 4.63. The van der Waals surface area contributed by atoms with E-state index in [1.54, 1.807) is 20.8 Å². The van der Waals surface area contributed by atoms with Gasteiger partial charge in [0.2, 0.25) is 0 Å². The zero-order valence-corrected chi connectivity index (χ0v) is 9.81. The molecular weight excluding hydrogens is 231 g/mol. The molecule has 0 amide bonds. The lowest BCUT2D eigenvalue weighted by molar-refractivity contribution is 0.498. The van der Waals surface area contributed by atoms with Crippen LogP contribution in [0.15, 0.2) is 17.1 Å². The standard InChI is InChI=1S/C11H14F3N3/c1-11(2,3)17-10(15)16-8-5-6(12)4-7(13)9(8)14/h4-5H,1-3H3,(H3,15,16,17). The summed E-state index contributed by atoms with van der Waals surface area (Å²) in [4.78, 5) is 3.98. The van der Waals surface area contributed by atoms with Crippen molar-refractivity contribution in [3.05, 3.63) is 29.6 Å². The Balaban J connectivity index is 3.00. The number of aliphatic imine (C=N–C) groups is 1. The first-order valence-electron chi connectivity index (χ1n) is 4.96. The number of nitrogens with zero attached hydrogens (tertiary/aromatic N) is 1. The lowest BCUT2D eigenvalue weighted by atomic mass is 10.1. The molecule has 0 aliphatic carbocycles. The Morgan fingerprint density at radius 2 is 1.82 bits per heavy atom. The van der Waals surface area contributed by atoms with Crippen molar-refractivity contribution in [2.24, 2.45) is 10.7 Å². The molecule has 6 heteroatoms. The van der Waals surface area contributed by atoms with E-state index in [0.717, 1.165) is 6.07 Å². The van der Waals surface area contributed by atoms with Gasteiger partial charge < -0.3 is 11.1 Å². The van der Waals surface area contributed by atoms with E-state index in [1.165, 1.54) is 0 Å². The second-order valence-corrected chi connectivity index (χ2v) is 4.54. The van der Waals surface area contributed by atoms with Crippen LogP contribution in [0.2, 0.25) is 0 Å². The summed E-state index contributed by atoms with van der Waals surface area (Å²) in [6.45, 7) is 5.35. The first kappa shape index (κ1) is 13.3. The van der Waals surface area contributed by atoms with E-state index in [2.05, 4.69) is 10.3 Å². The van der Waals surface area contributed by atoms with Crippen LogP contribution in [0.1, 0.15) is 20.8 Å². The van der Waals surface area contributed by atoms with Crippen LogP contribution in [0, 0.1) is 17.5 Å². The fourth-order valence-electron chi connectivity index (χ4n) is 1.17. The van der Waals surface area contributed by atoms with Crippen LogP contribution in [-0.2, 0) is 0 Å². The van der Waals surface area contributed by atoms with Gasteiger partial charge in [-0.05, 0) is 20.8 Å². The second-order valence-electron chi connectivity index (χ2n) is 4.54. The van der Waals surface area contributed by atoms with Gasteiger partial charge in [-0.2, -0.15) is 0 Å². The Morgan fingerprint density at radius 1 is 1.24 bits per heavy atom. The van der Waals surface area contributed by atoms with Crippen LogP contribution < -0.4 is 11.1 Å². The minimum atomic E-state index is -1.28. The maximum absolute atomic E-state index is 13.3. The summed E-state index contributed by atoms with van der Waals surface area (Å²) in [5, 5.41) is 2.32. The predicted molar refractivity (Wildman–Crippen MR) is 61.3 cm³/mol. The van der Waals surface area contributed by atoms with Crippen LogP contribution in [0.25, 0.3) is 0 Å². The van der Waals surface area contributed by atoms with Crippen molar-refractivity contribution in [1.29, 1.82) is 0 Å². The quantitative estimate of drug-likeness (QED) is 0.454. The Labute approximate surface area is 97.5 Å². The average molecular weight is 245 g/mol. The molecule has 0 saturated heterocycles. The van der Waals surface area contributed by atoms with Crippen molar-refractivity contribution >= 4 is 11.6 Å². The third-order valence-corrected chi connectivity index (χ3v) is 1.71. The highest BCUT2D eigenvalue weighted by Crippen LogP contribution is 2.19. The maximum Gasteiger partial charge on any atom is 0.193 e. The van der Waals surface area contributed by atoms with E-state index in [9.17, 15) is 13.2 Å². The molecule has 1 aromatic carbocycles. The lowest BCUT2D eigenvalue weighted by Gasteiger charge is -2.15. The second kappa shape index (κ2) is 4.65. The van der Waals surface area contributed by atoms with Crippen molar-refractivity contribution in [2.45, 2.75) is 26.3 Å². The number of rotatable bonds is 1. The number of benzene rings is 1. The zero-order chi connectivity index (χ0) is 13.2. The van der Waals surface area contributed by atoms with E-state index in [4.69, 9.17) is 5.73 Å². The zero-order valence-electron chi connectivity index (χ0n) is 9.81. The highest BCUT2D eigenvalue weighted by Gasteiger charge is 2.13. The smallest absolute Gasteiger partial charge is 0.193 e. The van der Waals surface area contributed by atoms with Crippen LogP contribution >= 0.6 is 0 Å². The van der Waals surface area contributed by atoms with Crippen LogP contribution in [0.5, 0.6) is 0 Å². The van der Waals surface area contributed by atoms with Gasteiger partial charge in [-0.1, -0.05) is 0 Å². The molecule has 0 atom stereocenters. The number of hydrogen-bond acceptors (Lipinski definition) is 1. The molecule has 0 fully saturated rings. The van der Waals surface area contributed by atoms with Gasteiger partial charge >= 0.3 is 0 Å². The van der Waals surface area contributed by atoms with E-state index in [0.29, 0.717) is 6.07 Å². The van der Waals surface area contributed by atoms with Crippen LogP contribution in [0.3, 0.4) is 0 Å². The summed E-state index contributed by atoms with van der Waals surface area (Å²) < 4.78 is 39.0. The topological polar surface area (TPSA) is 50.4 Å². The van der Waals surface area contributed by atoms with Gasteiger partial charge in [0.05, 0.1) is 11.2 Å². The van der Waals surface area contributed by atoms with Crippen molar-refractivity contribution in [2.75, 3.05) is 5.32 Å². The number of halogens is 3. The molecule has 1 rings (SSSR count). The summed E-state index contributed by atoms with van der Waals surface area (Å²) in [6.07, 6.45) is 0. The Bertz CT molecular complexity index is 450. The Kier molecular flexibility index (Phi) is 3.65. The highest BCUT2D eigenvalue weighted by atomic mass is 19.2. The lowest BCUT2D eigenvalue weighted by Crippen LogP contribution is -2.28. The summed E-state index contributed by atoms with van der Waals surface area (Å²) in [5.74, 6) is -3.48. The van der Waals surface area contributed by atoms with Gasteiger partial charge in [0.15, 0.2) is 17.6 Å². The molecule has 3 N–H and O–H groups in total. The molecule has 1 aromatic rings. The number of anilines is 1. The predicted octanol–water partition coefficient (Wildman–Crippen LogP) is 2.63. The largest absolute Gasteiger partial charge is 0.370 e. The van der Waals surface area contributed by atoms with E-state index in [-0.39, 0.29) is 11.6 Å². The molecule has 0 bridgehead atoms. The molecule has 0 radical (unpaired) electrons. The SMILES string of the molecule is CC(C)(C)N=C(N)Nc1cc(F)cc(F)c1F. The average Bonchev–Trinajstić information content (AvgIpc) is 2.10. The highest BCUT2D eigenvalue weighted by molar-refractivity contribution is 5.92. The third-order valence-electron chi connectivity index (χ3n) is 1.71. The molecule has 0 saturated carbocycles. The fourth-order valence-corrected chi connectivity index (χ4v) is 1.17. The van der Waals surface area contributed by atoms with Gasteiger partial charge in [0.25, 0.3) is 0 Å².